The molecule has 4 nitrogen and oxygen atoms in total. The molecule has 0 aliphatic heterocycles. The molecule has 1 unspecified atom stereocenters. The Hall–Kier alpha value is -0.160. The molecule has 0 spiro atoms. The van der Waals surface area contributed by atoms with Crippen LogP contribution in [0.15, 0.2) is 0 Å². The van der Waals surface area contributed by atoms with Crippen molar-refractivity contribution in [2.75, 3.05) is 6.61 Å². The summed E-state index contributed by atoms with van der Waals surface area (Å²) in [6.45, 7) is 9.51. The quantitative estimate of drug-likeness (QED) is 0.508. The second kappa shape index (κ2) is 9.14. The van der Waals surface area contributed by atoms with Crippen LogP contribution in [0.5, 0.6) is 0 Å². The van der Waals surface area contributed by atoms with Crippen molar-refractivity contribution >= 4 is 0 Å². The Morgan fingerprint density at radius 2 is 1.69 bits per heavy atom. The summed E-state index contributed by atoms with van der Waals surface area (Å²) in [5.41, 5.74) is 0.0208. The molecule has 3 saturated carbocycles. The molecule has 3 aliphatic rings. The van der Waals surface area contributed by atoms with Gasteiger partial charge in [-0.05, 0) is 105 Å². The van der Waals surface area contributed by atoms with Crippen LogP contribution in [0.25, 0.3) is 0 Å². The van der Waals surface area contributed by atoms with Crippen molar-refractivity contribution in [3.05, 3.63) is 0 Å². The van der Waals surface area contributed by atoms with E-state index in [0.29, 0.717) is 29.6 Å². The third-order valence-electron chi connectivity index (χ3n) is 10.1. The fourth-order valence-electron chi connectivity index (χ4n) is 7.72. The first kappa shape index (κ1) is 23.5. The van der Waals surface area contributed by atoms with E-state index in [-0.39, 0.29) is 35.7 Å². The van der Waals surface area contributed by atoms with Crippen LogP contribution in [0.2, 0.25) is 0 Å². The van der Waals surface area contributed by atoms with Crippen LogP contribution in [-0.2, 0) is 0 Å². The second-order valence-corrected chi connectivity index (χ2v) is 11.5. The van der Waals surface area contributed by atoms with Gasteiger partial charge in [-0.25, -0.2) is 0 Å². The zero-order valence-corrected chi connectivity index (χ0v) is 19.2. The van der Waals surface area contributed by atoms with E-state index in [9.17, 15) is 20.4 Å². The molecule has 3 rings (SSSR count). The highest BCUT2D eigenvalue weighted by atomic mass is 16.3. The van der Waals surface area contributed by atoms with E-state index >= 15 is 0 Å². The highest BCUT2D eigenvalue weighted by Gasteiger charge is 2.54. The van der Waals surface area contributed by atoms with Gasteiger partial charge in [0.05, 0.1) is 18.3 Å². The van der Waals surface area contributed by atoms with Gasteiger partial charge in [0.1, 0.15) is 0 Å². The van der Waals surface area contributed by atoms with Gasteiger partial charge in [-0.2, -0.15) is 0 Å². The first-order chi connectivity index (χ1) is 13.6. The molecule has 0 aromatic carbocycles. The molecule has 0 heterocycles. The van der Waals surface area contributed by atoms with Gasteiger partial charge in [0.25, 0.3) is 0 Å². The summed E-state index contributed by atoms with van der Waals surface area (Å²) in [6.07, 6.45) is 8.32. The minimum Gasteiger partial charge on any atom is -0.396 e. The Morgan fingerprint density at radius 3 is 2.38 bits per heavy atom. The maximum absolute atomic E-state index is 11.6. The molecular weight excluding hydrogens is 364 g/mol. The van der Waals surface area contributed by atoms with Crippen LogP contribution in [0, 0.1) is 40.4 Å². The van der Waals surface area contributed by atoms with Crippen molar-refractivity contribution in [1.82, 2.24) is 0 Å². The van der Waals surface area contributed by atoms with Crippen molar-refractivity contribution in [1.29, 1.82) is 0 Å². The molecule has 0 aromatic heterocycles. The second-order valence-electron chi connectivity index (χ2n) is 11.5. The van der Waals surface area contributed by atoms with Gasteiger partial charge in [0.15, 0.2) is 0 Å². The van der Waals surface area contributed by atoms with Crippen LogP contribution in [0.3, 0.4) is 0 Å². The lowest BCUT2D eigenvalue weighted by Gasteiger charge is -2.54. The van der Waals surface area contributed by atoms with Crippen LogP contribution >= 0.6 is 0 Å². The Kier molecular flexibility index (Phi) is 7.41. The molecule has 170 valence electrons. The van der Waals surface area contributed by atoms with Gasteiger partial charge in [-0.15, -0.1) is 0 Å². The lowest BCUT2D eigenvalue weighted by Crippen LogP contribution is -2.51. The summed E-state index contributed by atoms with van der Waals surface area (Å²) >= 11 is 0. The number of aliphatic hydroxyl groups is 4. The molecule has 0 radical (unpaired) electrons. The van der Waals surface area contributed by atoms with Crippen LogP contribution in [0.4, 0.5) is 0 Å². The van der Waals surface area contributed by atoms with Crippen LogP contribution < -0.4 is 0 Å². The summed E-state index contributed by atoms with van der Waals surface area (Å²) < 4.78 is 0. The number of aliphatic hydroxyl groups excluding tert-OH is 4. The van der Waals surface area contributed by atoms with Crippen molar-refractivity contribution in [3.63, 3.8) is 0 Å². The third kappa shape index (κ3) is 4.42. The molecule has 0 bridgehead atoms. The number of rotatable bonds is 7. The molecule has 3 fully saturated rings. The largest absolute Gasteiger partial charge is 0.396 e. The normalized spacial score (nSPS) is 47.6. The molecule has 0 saturated heterocycles. The lowest BCUT2D eigenvalue weighted by molar-refractivity contribution is -0.116. The van der Waals surface area contributed by atoms with E-state index in [1.54, 1.807) is 0 Å². The van der Waals surface area contributed by atoms with E-state index in [1.165, 1.54) is 12.8 Å². The molecule has 29 heavy (non-hydrogen) atoms. The first-order valence-electron chi connectivity index (χ1n) is 12.3. The maximum Gasteiger partial charge on any atom is 0.0601 e. The number of fused-ring (bicyclic) bond motifs is 1. The van der Waals surface area contributed by atoms with Gasteiger partial charge in [0, 0.05) is 6.61 Å². The monoisotopic (exact) mass is 410 g/mol. The SMILES string of the molecule is C[C@H](CCCO)[C@H]1CC[C@@H](C)[C@]1(C)[C@@H](O)C[C@H]1C[C@H](O)CC2C[C@H](O)CC[C@@]21C. The Bertz CT molecular complexity index is 537. The van der Waals surface area contributed by atoms with Crippen LogP contribution in [0.1, 0.15) is 91.9 Å². The summed E-state index contributed by atoms with van der Waals surface area (Å²) in [4.78, 5) is 0. The topological polar surface area (TPSA) is 80.9 Å². The minimum absolute atomic E-state index is 0.0999. The van der Waals surface area contributed by atoms with E-state index in [4.69, 9.17) is 0 Å². The minimum atomic E-state index is -0.360. The van der Waals surface area contributed by atoms with Gasteiger partial charge in [-0.1, -0.05) is 27.7 Å². The Morgan fingerprint density at radius 1 is 1.00 bits per heavy atom. The van der Waals surface area contributed by atoms with Crippen molar-refractivity contribution < 1.29 is 20.4 Å². The van der Waals surface area contributed by atoms with Crippen molar-refractivity contribution in [2.24, 2.45) is 40.4 Å². The standard InChI is InChI=1S/C25H46O4/c1-16(6-5-11-26)22-8-7-17(2)25(22,4)23(29)15-19-14-21(28)13-18-12-20(27)9-10-24(18,19)3/h16-23,26-29H,5-15H2,1-4H3/t16-,17-,18?,19-,20-,21-,22-,23+,24+,25+/m1/s1. The predicted octanol–water partition coefficient (Wildman–Crippen LogP) is 4.14. The van der Waals surface area contributed by atoms with E-state index in [1.807, 2.05) is 0 Å². The predicted molar refractivity (Wildman–Crippen MR) is 116 cm³/mol. The third-order valence-corrected chi connectivity index (χ3v) is 10.1. The van der Waals surface area contributed by atoms with Crippen LogP contribution in [-0.4, -0.2) is 45.3 Å². The number of hydrogen-bond donors (Lipinski definition) is 4. The van der Waals surface area contributed by atoms with Gasteiger partial charge >= 0.3 is 0 Å². The average Bonchev–Trinajstić information content (AvgIpc) is 2.97. The molecule has 0 amide bonds. The number of hydrogen-bond acceptors (Lipinski definition) is 4. The Labute approximate surface area is 178 Å². The van der Waals surface area contributed by atoms with Gasteiger partial charge < -0.3 is 20.4 Å². The fraction of sp³-hybridized carbons (Fsp3) is 1.00. The molecular formula is C25H46O4. The van der Waals surface area contributed by atoms with E-state index in [0.717, 1.165) is 51.4 Å². The zero-order chi connectivity index (χ0) is 21.4. The highest BCUT2D eigenvalue weighted by molar-refractivity contribution is 5.04. The summed E-state index contributed by atoms with van der Waals surface area (Å²) in [5, 5.41) is 41.6. The molecule has 3 aliphatic carbocycles. The van der Waals surface area contributed by atoms with E-state index < -0.39 is 0 Å². The smallest absolute Gasteiger partial charge is 0.0601 e. The Balaban J connectivity index is 1.76. The molecule has 0 aromatic rings. The zero-order valence-electron chi connectivity index (χ0n) is 19.2. The fourth-order valence-corrected chi connectivity index (χ4v) is 7.72. The average molecular weight is 411 g/mol. The first-order valence-corrected chi connectivity index (χ1v) is 12.3. The molecule has 10 atom stereocenters. The molecule has 4 heteroatoms. The maximum atomic E-state index is 11.6. The molecule has 4 N–H and O–H groups in total. The summed E-state index contributed by atoms with van der Waals surface area (Å²) in [5.74, 6) is 2.17. The lowest BCUT2D eigenvalue weighted by atomic mass is 9.52. The van der Waals surface area contributed by atoms with Crippen molar-refractivity contribution in [3.8, 4) is 0 Å². The van der Waals surface area contributed by atoms with E-state index in [2.05, 4.69) is 27.7 Å². The van der Waals surface area contributed by atoms with Crippen molar-refractivity contribution in [2.45, 2.75) is 110 Å². The summed E-state index contributed by atoms with van der Waals surface area (Å²) in [6, 6.07) is 0. The van der Waals surface area contributed by atoms with Gasteiger partial charge in [0.2, 0.25) is 0 Å². The highest BCUT2D eigenvalue weighted by Crippen LogP contribution is 2.58. The summed E-state index contributed by atoms with van der Waals surface area (Å²) in [7, 11) is 0. The van der Waals surface area contributed by atoms with Gasteiger partial charge in [-0.3, -0.25) is 0 Å².